The molecule has 0 aliphatic heterocycles. The molecule has 2 unspecified atom stereocenters. The van der Waals surface area contributed by atoms with Gasteiger partial charge in [-0.25, -0.2) is 0 Å². The van der Waals surface area contributed by atoms with Crippen molar-refractivity contribution in [2.24, 2.45) is 11.8 Å². The van der Waals surface area contributed by atoms with Crippen molar-refractivity contribution in [1.82, 2.24) is 0 Å². The third-order valence-corrected chi connectivity index (χ3v) is 32.7. The second kappa shape index (κ2) is 14.5. The zero-order valence-corrected chi connectivity index (χ0v) is 36.7. The van der Waals surface area contributed by atoms with E-state index in [2.05, 4.69) is 179 Å². The molecule has 4 aromatic carbocycles. The van der Waals surface area contributed by atoms with Crippen LogP contribution < -0.4 is 0 Å². The van der Waals surface area contributed by atoms with Crippen molar-refractivity contribution in [3.8, 4) is 22.3 Å². The van der Waals surface area contributed by atoms with E-state index < -0.39 is 26.8 Å². The van der Waals surface area contributed by atoms with Gasteiger partial charge in [0.05, 0.1) is 0 Å². The molecule has 0 amide bonds. The Labute approximate surface area is 313 Å². The molecule has 0 radical (unpaired) electrons. The van der Waals surface area contributed by atoms with E-state index in [1.54, 1.807) is 22.3 Å². The van der Waals surface area contributed by atoms with Crippen LogP contribution in [0.1, 0.15) is 123 Å². The van der Waals surface area contributed by atoms with Crippen molar-refractivity contribution in [3.05, 3.63) is 129 Å². The van der Waals surface area contributed by atoms with Crippen molar-refractivity contribution in [2.45, 2.75) is 113 Å². The van der Waals surface area contributed by atoms with Crippen LogP contribution in [-0.4, -0.2) is 5.92 Å². The number of allylic oxidation sites excluding steroid dienone is 2. The Morgan fingerprint density at radius 2 is 0.880 bits per heavy atom. The van der Waals surface area contributed by atoms with Gasteiger partial charge < -0.3 is 0 Å². The van der Waals surface area contributed by atoms with Crippen LogP contribution in [0.25, 0.3) is 34.4 Å². The molecule has 0 bridgehead atoms. The predicted molar refractivity (Wildman–Crippen MR) is 220 cm³/mol. The molecule has 2 aliphatic rings. The second-order valence-electron chi connectivity index (χ2n) is 18.4. The first-order valence-electron chi connectivity index (χ1n) is 19.3. The summed E-state index contributed by atoms with van der Waals surface area (Å²) in [5, 5.41) is 0. The van der Waals surface area contributed by atoms with Crippen LogP contribution in [-0.2, 0) is 31.7 Å². The summed E-state index contributed by atoms with van der Waals surface area (Å²) in [7, 11) is 0. The average molecular weight is 757 g/mol. The molecule has 2 atom stereocenters. The fraction of sp³-hybridized carbons (Fsp3) is 0.417. The van der Waals surface area contributed by atoms with E-state index in [4.69, 9.17) is 0 Å². The molecule has 0 saturated carbocycles. The van der Waals surface area contributed by atoms with Crippen molar-refractivity contribution in [2.75, 3.05) is 0 Å². The van der Waals surface area contributed by atoms with Gasteiger partial charge >= 0.3 is 316 Å². The predicted octanol–water partition coefficient (Wildman–Crippen LogP) is 13.9. The molecule has 50 heavy (non-hydrogen) atoms. The molecule has 6 rings (SSSR count). The van der Waals surface area contributed by atoms with Gasteiger partial charge in [-0.2, -0.15) is 0 Å². The molecule has 261 valence electrons. The number of hydrogen-bond acceptors (Lipinski definition) is 0. The summed E-state index contributed by atoms with van der Waals surface area (Å²) in [5.41, 5.74) is 18.6. The number of fused-ring (bicyclic) bond motifs is 2. The van der Waals surface area contributed by atoms with Crippen LogP contribution >= 0.6 is 0 Å². The SMILES string of the molecule is CC(C)CC1=Cc2c(-c3ccccc3C(C)(C)C)cccc2[CH]1[Zr]([CH]1C(CC(C)C)=Cc2c(-c3ccccc3C(C)(C)C)cccc21)[SiH](C)C. The van der Waals surface area contributed by atoms with E-state index in [1.165, 1.54) is 57.3 Å². The van der Waals surface area contributed by atoms with Gasteiger partial charge in [-0.15, -0.1) is 0 Å². The van der Waals surface area contributed by atoms with E-state index in [-0.39, 0.29) is 10.8 Å². The van der Waals surface area contributed by atoms with Gasteiger partial charge in [0.2, 0.25) is 0 Å². The zero-order chi connectivity index (χ0) is 36.1. The van der Waals surface area contributed by atoms with E-state index in [1.807, 2.05) is 0 Å². The summed E-state index contributed by atoms with van der Waals surface area (Å²) in [6, 6.07) is 33.1. The van der Waals surface area contributed by atoms with E-state index >= 15 is 0 Å². The average Bonchev–Trinajstić information content (AvgIpc) is 3.57. The van der Waals surface area contributed by atoms with Crippen molar-refractivity contribution in [1.29, 1.82) is 0 Å². The topological polar surface area (TPSA) is 0 Å². The first-order chi connectivity index (χ1) is 23.6. The molecule has 0 heterocycles. The zero-order valence-electron chi connectivity index (χ0n) is 33.0. The number of hydrogen-bond donors (Lipinski definition) is 0. The van der Waals surface area contributed by atoms with Crippen LogP contribution in [0.4, 0.5) is 0 Å². The van der Waals surface area contributed by atoms with Crippen LogP contribution in [0, 0.1) is 11.8 Å². The Kier molecular flexibility index (Phi) is 10.8. The van der Waals surface area contributed by atoms with Crippen molar-refractivity contribution >= 4 is 18.1 Å². The van der Waals surface area contributed by atoms with Crippen molar-refractivity contribution in [3.63, 3.8) is 0 Å². The molecule has 0 fully saturated rings. The first-order valence-corrected chi connectivity index (χ1v) is 29.3. The second-order valence-corrected chi connectivity index (χ2v) is 38.4. The van der Waals surface area contributed by atoms with Crippen LogP contribution in [0.5, 0.6) is 0 Å². The summed E-state index contributed by atoms with van der Waals surface area (Å²) in [5.74, 6) is 0.269. The Morgan fingerprint density at radius 3 is 1.22 bits per heavy atom. The summed E-state index contributed by atoms with van der Waals surface area (Å²) in [6.45, 7) is 29.4. The molecule has 2 aliphatic carbocycles. The number of benzene rings is 4. The molecular weight excluding hydrogens is 696 g/mol. The van der Waals surface area contributed by atoms with Crippen molar-refractivity contribution < 1.29 is 20.9 Å². The summed E-state index contributed by atoms with van der Waals surface area (Å²) in [6.07, 6.45) is 7.80. The van der Waals surface area contributed by atoms with Gasteiger partial charge in [0, 0.05) is 0 Å². The van der Waals surface area contributed by atoms with E-state index in [0.717, 1.165) is 0 Å². The molecule has 0 N–H and O–H groups in total. The quantitative estimate of drug-likeness (QED) is 0.149. The van der Waals surface area contributed by atoms with E-state index in [0.29, 0.717) is 19.1 Å². The fourth-order valence-electron chi connectivity index (χ4n) is 9.06. The molecule has 4 aromatic rings. The maximum atomic E-state index is 2.72. The fourth-order valence-corrected chi connectivity index (χ4v) is 31.8. The van der Waals surface area contributed by atoms with Crippen LogP contribution in [0.2, 0.25) is 13.1 Å². The minimum atomic E-state index is -2.28. The van der Waals surface area contributed by atoms with E-state index in [9.17, 15) is 0 Å². The molecule has 0 spiro atoms. The van der Waals surface area contributed by atoms with Gasteiger partial charge in [-0.05, 0) is 0 Å². The molecule has 0 saturated heterocycles. The summed E-state index contributed by atoms with van der Waals surface area (Å²) >= 11 is -2.28. The van der Waals surface area contributed by atoms with Gasteiger partial charge in [-0.1, -0.05) is 0 Å². The summed E-state index contributed by atoms with van der Waals surface area (Å²) < 4.78 is 1.28. The van der Waals surface area contributed by atoms with Crippen LogP contribution in [0.15, 0.2) is 96.1 Å². The van der Waals surface area contributed by atoms with Gasteiger partial charge in [0.15, 0.2) is 0 Å². The summed E-state index contributed by atoms with van der Waals surface area (Å²) in [4.78, 5) is 0. The third kappa shape index (κ3) is 7.23. The van der Waals surface area contributed by atoms with Gasteiger partial charge in [0.25, 0.3) is 0 Å². The van der Waals surface area contributed by atoms with Gasteiger partial charge in [-0.3, -0.25) is 0 Å². The third-order valence-electron chi connectivity index (χ3n) is 11.0. The monoisotopic (exact) mass is 755 g/mol. The molecular formula is C48H61SiZr. The molecule has 0 nitrogen and oxygen atoms in total. The first kappa shape index (κ1) is 37.2. The maximum absolute atomic E-state index is 2.72. The van der Waals surface area contributed by atoms with Gasteiger partial charge in [0.1, 0.15) is 0 Å². The van der Waals surface area contributed by atoms with Crippen LogP contribution in [0.3, 0.4) is 0 Å². The Hall–Kier alpha value is -2.54. The Balaban J connectivity index is 1.56. The standard InChI is InChI=1S/2C23H27.C2H7Si.Zr/c2*1-16(2)13-17-14-18-9-8-11-19(21(18)15-17)20-10-6-7-12-22(20)23(3,4)5;1-3-2;/h2*6-12,14-16H,13H2,1-5H3;3H,1-2H3;. The Morgan fingerprint density at radius 1 is 0.520 bits per heavy atom. The minimum absolute atomic E-state index is 0.0843. The Bertz CT molecular complexity index is 1790. The normalized spacial score (nSPS) is 17.3. The molecule has 0 aromatic heterocycles. The molecule has 2 heteroatoms. The number of rotatable bonds is 9.